The number of nitriles is 1. The monoisotopic (exact) mass is 304 g/mol. The maximum Gasteiger partial charge on any atom is 0.328 e. The first-order valence-corrected chi connectivity index (χ1v) is 7.53. The molecule has 1 aromatic heterocycles. The second kappa shape index (κ2) is 7.07. The average molecular weight is 304 g/mol. The van der Waals surface area contributed by atoms with Crippen molar-refractivity contribution in [2.75, 3.05) is 13.1 Å². The van der Waals surface area contributed by atoms with Crippen LogP contribution in [0.4, 0.5) is 0 Å². The van der Waals surface area contributed by atoms with Crippen LogP contribution in [0.5, 0.6) is 0 Å². The van der Waals surface area contributed by atoms with Gasteiger partial charge in [-0.25, -0.2) is 4.79 Å². The molecule has 22 heavy (non-hydrogen) atoms. The third kappa shape index (κ3) is 3.85. The van der Waals surface area contributed by atoms with Gasteiger partial charge in [-0.1, -0.05) is 6.92 Å². The van der Waals surface area contributed by atoms with E-state index in [1.54, 1.807) is 6.07 Å². The summed E-state index contributed by atoms with van der Waals surface area (Å²) < 4.78 is 1.21. The highest BCUT2D eigenvalue weighted by molar-refractivity contribution is 5.76. The zero-order valence-electron chi connectivity index (χ0n) is 12.7. The molecule has 0 saturated carbocycles. The zero-order chi connectivity index (χ0) is 16.1. The lowest BCUT2D eigenvalue weighted by atomic mass is 10.0. The van der Waals surface area contributed by atoms with Gasteiger partial charge in [-0.2, -0.15) is 5.26 Å². The van der Waals surface area contributed by atoms with E-state index in [9.17, 15) is 14.4 Å². The van der Waals surface area contributed by atoms with Crippen LogP contribution in [0.25, 0.3) is 0 Å². The Morgan fingerprint density at radius 3 is 2.91 bits per heavy atom. The standard InChI is InChI=1S/C15H20N4O3/c1-11-3-2-6-18(7-4-11)13(20)5-8-19-10-12(9-16)14(21)17-15(19)22/h10-11H,2-8H2,1H3,(H,17,21,22)/t11-/m1/s1. The molecule has 7 nitrogen and oxygen atoms in total. The highest BCUT2D eigenvalue weighted by atomic mass is 16.2. The maximum absolute atomic E-state index is 12.2. The van der Waals surface area contributed by atoms with Crippen molar-refractivity contribution < 1.29 is 4.79 Å². The van der Waals surface area contributed by atoms with Gasteiger partial charge in [0, 0.05) is 32.3 Å². The van der Waals surface area contributed by atoms with Crippen molar-refractivity contribution in [2.45, 2.75) is 39.2 Å². The number of H-pyrrole nitrogens is 1. The van der Waals surface area contributed by atoms with E-state index in [0.29, 0.717) is 5.92 Å². The predicted molar refractivity (Wildman–Crippen MR) is 80.2 cm³/mol. The molecular weight excluding hydrogens is 284 g/mol. The van der Waals surface area contributed by atoms with Gasteiger partial charge < -0.3 is 4.90 Å². The van der Waals surface area contributed by atoms with E-state index in [1.165, 1.54) is 10.8 Å². The Hall–Kier alpha value is -2.36. The number of amides is 1. The molecule has 0 aliphatic carbocycles. The quantitative estimate of drug-likeness (QED) is 0.876. The van der Waals surface area contributed by atoms with E-state index >= 15 is 0 Å². The van der Waals surface area contributed by atoms with Gasteiger partial charge in [0.2, 0.25) is 5.91 Å². The molecule has 1 N–H and O–H groups in total. The van der Waals surface area contributed by atoms with Crippen LogP contribution in [0.3, 0.4) is 0 Å². The summed E-state index contributed by atoms with van der Waals surface area (Å²) >= 11 is 0. The van der Waals surface area contributed by atoms with Gasteiger partial charge >= 0.3 is 5.69 Å². The summed E-state index contributed by atoms with van der Waals surface area (Å²) in [6.45, 7) is 3.86. The minimum atomic E-state index is -0.698. The van der Waals surface area contributed by atoms with Gasteiger partial charge in [0.15, 0.2) is 0 Å². The van der Waals surface area contributed by atoms with Crippen molar-refractivity contribution >= 4 is 5.91 Å². The number of nitrogens with zero attached hydrogens (tertiary/aromatic N) is 3. The highest BCUT2D eigenvalue weighted by Crippen LogP contribution is 2.16. The summed E-state index contributed by atoms with van der Waals surface area (Å²) in [6, 6.07) is 1.73. The summed E-state index contributed by atoms with van der Waals surface area (Å²) in [4.78, 5) is 39.1. The summed E-state index contributed by atoms with van der Waals surface area (Å²) in [5.41, 5.74) is -1.42. The normalized spacial score (nSPS) is 18.5. The molecule has 0 unspecified atom stereocenters. The van der Waals surface area contributed by atoms with E-state index in [1.807, 2.05) is 4.90 Å². The number of aryl methyl sites for hydroxylation is 1. The number of aromatic amines is 1. The molecule has 0 aromatic carbocycles. The SMILES string of the molecule is C[C@@H]1CCCN(C(=O)CCn2cc(C#N)c(=O)[nH]c2=O)CC1. The summed E-state index contributed by atoms with van der Waals surface area (Å²) in [5, 5.41) is 8.81. The first-order valence-electron chi connectivity index (χ1n) is 7.53. The lowest BCUT2D eigenvalue weighted by molar-refractivity contribution is -0.131. The molecule has 1 amide bonds. The summed E-state index contributed by atoms with van der Waals surface area (Å²) in [7, 11) is 0. The van der Waals surface area contributed by atoms with Crippen molar-refractivity contribution in [2.24, 2.45) is 5.92 Å². The number of aromatic nitrogens is 2. The van der Waals surface area contributed by atoms with Gasteiger partial charge in [0.05, 0.1) is 0 Å². The Balaban J connectivity index is 2.01. The van der Waals surface area contributed by atoms with Crippen LogP contribution in [0.1, 0.15) is 38.2 Å². The van der Waals surface area contributed by atoms with E-state index in [2.05, 4.69) is 11.9 Å². The van der Waals surface area contributed by atoms with Crippen molar-refractivity contribution in [3.8, 4) is 6.07 Å². The van der Waals surface area contributed by atoms with Crippen LogP contribution in [-0.4, -0.2) is 33.4 Å². The fourth-order valence-corrected chi connectivity index (χ4v) is 2.64. The first-order chi connectivity index (χ1) is 10.5. The minimum Gasteiger partial charge on any atom is -0.343 e. The van der Waals surface area contributed by atoms with Crippen molar-refractivity contribution in [3.05, 3.63) is 32.6 Å². The first kappa shape index (κ1) is 16.0. The topological polar surface area (TPSA) is 99.0 Å². The van der Waals surface area contributed by atoms with E-state index in [0.717, 1.165) is 32.4 Å². The van der Waals surface area contributed by atoms with Gasteiger partial charge in [0.1, 0.15) is 11.6 Å². The molecule has 1 aliphatic heterocycles. The number of likely N-dealkylation sites (tertiary alicyclic amines) is 1. The van der Waals surface area contributed by atoms with Gasteiger partial charge in [-0.3, -0.25) is 19.1 Å². The molecule has 1 aliphatic rings. The molecule has 7 heteroatoms. The van der Waals surface area contributed by atoms with Crippen molar-refractivity contribution in [1.29, 1.82) is 5.26 Å². The molecule has 0 radical (unpaired) electrons. The Morgan fingerprint density at radius 2 is 2.18 bits per heavy atom. The number of carbonyl (C=O) groups excluding carboxylic acids is 1. The van der Waals surface area contributed by atoms with Crippen LogP contribution in [0.2, 0.25) is 0 Å². The summed E-state index contributed by atoms with van der Waals surface area (Å²) in [6.07, 6.45) is 4.53. The smallest absolute Gasteiger partial charge is 0.328 e. The Morgan fingerprint density at radius 1 is 1.41 bits per heavy atom. The molecule has 0 spiro atoms. The lowest BCUT2D eigenvalue weighted by Crippen LogP contribution is -2.35. The molecule has 1 aromatic rings. The zero-order valence-corrected chi connectivity index (χ0v) is 12.7. The fraction of sp³-hybridized carbons (Fsp3) is 0.600. The Labute approximate surface area is 128 Å². The van der Waals surface area contributed by atoms with Crippen LogP contribution < -0.4 is 11.2 Å². The molecular formula is C15H20N4O3. The van der Waals surface area contributed by atoms with E-state index < -0.39 is 11.2 Å². The predicted octanol–water partition coefficient (Wildman–Crippen LogP) is 0.447. The summed E-state index contributed by atoms with van der Waals surface area (Å²) in [5.74, 6) is 0.642. The minimum absolute atomic E-state index is 0.00528. The number of hydrogen-bond acceptors (Lipinski definition) is 4. The Bertz CT molecular complexity index is 698. The third-order valence-electron chi connectivity index (χ3n) is 4.07. The largest absolute Gasteiger partial charge is 0.343 e. The third-order valence-corrected chi connectivity index (χ3v) is 4.07. The molecule has 118 valence electrons. The Kier molecular flexibility index (Phi) is 5.15. The molecule has 1 atom stereocenters. The average Bonchev–Trinajstić information content (AvgIpc) is 2.71. The van der Waals surface area contributed by atoms with Crippen LogP contribution in [0.15, 0.2) is 15.8 Å². The molecule has 2 heterocycles. The van der Waals surface area contributed by atoms with Gasteiger partial charge in [-0.15, -0.1) is 0 Å². The van der Waals surface area contributed by atoms with Crippen LogP contribution in [-0.2, 0) is 11.3 Å². The molecule has 0 bridgehead atoms. The van der Waals surface area contributed by atoms with Crippen LogP contribution >= 0.6 is 0 Å². The maximum atomic E-state index is 12.2. The van der Waals surface area contributed by atoms with E-state index in [4.69, 9.17) is 5.26 Å². The lowest BCUT2D eigenvalue weighted by Gasteiger charge is -2.20. The van der Waals surface area contributed by atoms with Gasteiger partial charge in [0.25, 0.3) is 5.56 Å². The van der Waals surface area contributed by atoms with E-state index in [-0.39, 0.29) is 24.4 Å². The second-order valence-corrected chi connectivity index (χ2v) is 5.77. The van der Waals surface area contributed by atoms with Crippen molar-refractivity contribution in [3.63, 3.8) is 0 Å². The van der Waals surface area contributed by atoms with Gasteiger partial charge in [-0.05, 0) is 25.2 Å². The highest BCUT2D eigenvalue weighted by Gasteiger charge is 2.18. The molecule has 2 rings (SSSR count). The number of nitrogens with one attached hydrogen (secondary N) is 1. The van der Waals surface area contributed by atoms with Crippen LogP contribution in [0, 0.1) is 17.2 Å². The number of carbonyl (C=O) groups is 1. The number of hydrogen-bond donors (Lipinski definition) is 1. The molecule has 1 fully saturated rings. The fourth-order valence-electron chi connectivity index (χ4n) is 2.64. The van der Waals surface area contributed by atoms with Crippen molar-refractivity contribution in [1.82, 2.24) is 14.5 Å². The second-order valence-electron chi connectivity index (χ2n) is 5.77. The number of rotatable bonds is 3. The molecule has 1 saturated heterocycles.